The molecule has 5 nitrogen and oxygen atoms in total. The number of hydrogen-bond donors (Lipinski definition) is 0. The number of thioether (sulfide) groups is 1. The van der Waals surface area contributed by atoms with Crippen LogP contribution in [0.4, 0.5) is 5.69 Å². The monoisotopic (exact) mass is 365 g/mol. The number of imide groups is 1. The number of pyridine rings is 1. The fraction of sp³-hybridized carbons (Fsp3) is 0.300. The van der Waals surface area contributed by atoms with Crippen LogP contribution >= 0.6 is 11.8 Å². The van der Waals surface area contributed by atoms with Crippen LogP contribution in [-0.2, 0) is 16.0 Å². The number of aryl methyl sites for hydroxylation is 2. The molecule has 0 aliphatic carbocycles. The Labute approximate surface area is 157 Å². The maximum atomic E-state index is 12.8. The Morgan fingerprint density at radius 3 is 2.62 bits per heavy atom. The minimum atomic E-state index is -0.555. The molecular formula is C20H19N3O2S. The van der Waals surface area contributed by atoms with Gasteiger partial charge in [-0.2, -0.15) is 5.26 Å². The van der Waals surface area contributed by atoms with E-state index in [-0.39, 0.29) is 18.2 Å². The highest BCUT2D eigenvalue weighted by atomic mass is 32.2. The van der Waals surface area contributed by atoms with Crippen molar-refractivity contribution in [3.8, 4) is 6.07 Å². The SMILES string of the molecule is CCCc1ccc(C#N)c(SC2CC(=O)N(c3ccc(C)cc3)C2=O)n1. The van der Waals surface area contributed by atoms with Gasteiger partial charge in [-0.25, -0.2) is 9.88 Å². The van der Waals surface area contributed by atoms with Gasteiger partial charge in [-0.05, 0) is 37.6 Å². The molecule has 26 heavy (non-hydrogen) atoms. The zero-order chi connectivity index (χ0) is 18.7. The van der Waals surface area contributed by atoms with Crippen LogP contribution in [0.15, 0.2) is 41.4 Å². The van der Waals surface area contributed by atoms with E-state index < -0.39 is 5.25 Å². The number of aromatic nitrogens is 1. The van der Waals surface area contributed by atoms with Gasteiger partial charge in [-0.1, -0.05) is 42.8 Å². The van der Waals surface area contributed by atoms with Crippen molar-refractivity contribution in [2.24, 2.45) is 0 Å². The molecule has 132 valence electrons. The number of benzene rings is 1. The van der Waals surface area contributed by atoms with Crippen LogP contribution in [-0.4, -0.2) is 22.0 Å². The van der Waals surface area contributed by atoms with E-state index in [1.54, 1.807) is 18.2 Å². The third-order valence-corrected chi connectivity index (χ3v) is 5.38. The Kier molecular flexibility index (Phi) is 5.38. The summed E-state index contributed by atoms with van der Waals surface area (Å²) in [7, 11) is 0. The molecule has 2 heterocycles. The third-order valence-electron chi connectivity index (χ3n) is 4.20. The number of carbonyl (C=O) groups excluding carboxylic acids is 2. The maximum absolute atomic E-state index is 12.8. The summed E-state index contributed by atoms with van der Waals surface area (Å²) in [6.45, 7) is 4.01. The highest BCUT2D eigenvalue weighted by Crippen LogP contribution is 2.34. The van der Waals surface area contributed by atoms with Crippen molar-refractivity contribution < 1.29 is 9.59 Å². The van der Waals surface area contributed by atoms with Crippen LogP contribution in [0.1, 0.15) is 36.6 Å². The predicted molar refractivity (Wildman–Crippen MR) is 101 cm³/mol. The summed E-state index contributed by atoms with van der Waals surface area (Å²) >= 11 is 1.21. The summed E-state index contributed by atoms with van der Waals surface area (Å²) in [6.07, 6.45) is 1.87. The van der Waals surface area contributed by atoms with E-state index in [0.717, 1.165) is 24.1 Å². The van der Waals surface area contributed by atoms with Crippen LogP contribution in [0.2, 0.25) is 0 Å². The maximum Gasteiger partial charge on any atom is 0.247 e. The van der Waals surface area contributed by atoms with E-state index in [1.807, 2.05) is 25.1 Å². The number of anilines is 1. The molecule has 0 saturated carbocycles. The first kappa shape index (κ1) is 18.2. The summed E-state index contributed by atoms with van der Waals surface area (Å²) in [5, 5.41) is 9.29. The second kappa shape index (κ2) is 7.71. The van der Waals surface area contributed by atoms with Crippen LogP contribution in [0.5, 0.6) is 0 Å². The number of carbonyl (C=O) groups is 2. The molecule has 1 fully saturated rings. The molecule has 0 N–H and O–H groups in total. The lowest BCUT2D eigenvalue weighted by atomic mass is 10.2. The normalized spacial score (nSPS) is 16.8. The van der Waals surface area contributed by atoms with Crippen LogP contribution in [0.3, 0.4) is 0 Å². The van der Waals surface area contributed by atoms with E-state index in [4.69, 9.17) is 0 Å². The van der Waals surface area contributed by atoms with Gasteiger partial charge in [-0.15, -0.1) is 0 Å². The quantitative estimate of drug-likeness (QED) is 0.756. The molecule has 2 aromatic rings. The molecule has 2 amide bonds. The molecular weight excluding hydrogens is 346 g/mol. The highest BCUT2D eigenvalue weighted by molar-refractivity contribution is 8.00. The highest BCUT2D eigenvalue weighted by Gasteiger charge is 2.40. The summed E-state index contributed by atoms with van der Waals surface area (Å²) in [4.78, 5) is 30.9. The summed E-state index contributed by atoms with van der Waals surface area (Å²) in [6, 6.07) is 13.0. The number of nitrogens with zero attached hydrogens (tertiary/aromatic N) is 3. The minimum Gasteiger partial charge on any atom is -0.274 e. The fourth-order valence-corrected chi connectivity index (χ4v) is 3.96. The van der Waals surface area contributed by atoms with Crippen molar-refractivity contribution in [2.75, 3.05) is 4.90 Å². The van der Waals surface area contributed by atoms with E-state index in [9.17, 15) is 14.9 Å². The molecule has 1 aliphatic rings. The van der Waals surface area contributed by atoms with Crippen molar-refractivity contribution in [3.05, 3.63) is 53.2 Å². The summed E-state index contributed by atoms with van der Waals surface area (Å²) in [5.41, 5.74) is 2.97. The lowest BCUT2D eigenvalue weighted by Gasteiger charge is -2.15. The molecule has 1 saturated heterocycles. The second-order valence-electron chi connectivity index (χ2n) is 6.23. The fourth-order valence-electron chi connectivity index (χ4n) is 2.85. The number of amides is 2. The largest absolute Gasteiger partial charge is 0.274 e. The zero-order valence-corrected chi connectivity index (χ0v) is 15.5. The molecule has 1 unspecified atom stereocenters. The van der Waals surface area contributed by atoms with E-state index in [1.165, 1.54) is 16.7 Å². The molecule has 1 atom stereocenters. The molecule has 0 bridgehead atoms. The summed E-state index contributed by atoms with van der Waals surface area (Å²) < 4.78 is 0. The van der Waals surface area contributed by atoms with E-state index in [2.05, 4.69) is 18.0 Å². The van der Waals surface area contributed by atoms with Crippen LogP contribution in [0, 0.1) is 18.3 Å². The Morgan fingerprint density at radius 2 is 1.96 bits per heavy atom. The average molecular weight is 365 g/mol. The smallest absolute Gasteiger partial charge is 0.247 e. The molecule has 6 heteroatoms. The number of rotatable bonds is 5. The van der Waals surface area contributed by atoms with Gasteiger partial charge in [0, 0.05) is 12.1 Å². The van der Waals surface area contributed by atoms with Gasteiger partial charge in [0.15, 0.2) is 0 Å². The summed E-state index contributed by atoms with van der Waals surface area (Å²) in [5.74, 6) is -0.477. The van der Waals surface area contributed by atoms with Gasteiger partial charge in [0.1, 0.15) is 11.1 Å². The van der Waals surface area contributed by atoms with Crippen LogP contribution < -0.4 is 4.90 Å². The molecule has 1 aliphatic heterocycles. The van der Waals surface area contributed by atoms with Gasteiger partial charge in [-0.3, -0.25) is 9.59 Å². The van der Waals surface area contributed by atoms with Crippen molar-refractivity contribution in [1.82, 2.24) is 4.98 Å². The number of nitriles is 1. The average Bonchev–Trinajstić information content (AvgIpc) is 2.90. The second-order valence-corrected chi connectivity index (χ2v) is 7.42. The Hall–Kier alpha value is -2.65. The first-order chi connectivity index (χ1) is 12.5. The van der Waals surface area contributed by atoms with Crippen molar-refractivity contribution in [3.63, 3.8) is 0 Å². The standard InChI is InChI=1S/C20H19N3O2S/c1-3-4-15-8-7-14(12-21)19(22-15)26-17-11-18(24)23(20(17)25)16-9-5-13(2)6-10-16/h5-10,17H,3-4,11H2,1-2H3. The molecule has 1 aromatic heterocycles. The first-order valence-electron chi connectivity index (χ1n) is 8.53. The van der Waals surface area contributed by atoms with Gasteiger partial charge in [0.25, 0.3) is 0 Å². The van der Waals surface area contributed by atoms with Gasteiger partial charge >= 0.3 is 0 Å². The van der Waals surface area contributed by atoms with E-state index >= 15 is 0 Å². The van der Waals surface area contributed by atoms with Gasteiger partial charge in [0.2, 0.25) is 11.8 Å². The topological polar surface area (TPSA) is 74.1 Å². The first-order valence-corrected chi connectivity index (χ1v) is 9.41. The molecule has 3 rings (SSSR count). The minimum absolute atomic E-state index is 0.113. The van der Waals surface area contributed by atoms with Gasteiger partial charge in [0.05, 0.1) is 16.5 Å². The lowest BCUT2D eigenvalue weighted by Crippen LogP contribution is -2.31. The molecule has 0 spiro atoms. The van der Waals surface area contributed by atoms with E-state index in [0.29, 0.717) is 16.3 Å². The van der Waals surface area contributed by atoms with Crippen molar-refractivity contribution in [2.45, 2.75) is 43.4 Å². The number of hydrogen-bond acceptors (Lipinski definition) is 5. The molecule has 0 radical (unpaired) electrons. The zero-order valence-electron chi connectivity index (χ0n) is 14.7. The predicted octanol–water partition coefficient (Wildman–Crippen LogP) is 3.64. The Balaban J connectivity index is 1.84. The van der Waals surface area contributed by atoms with Crippen LogP contribution in [0.25, 0.3) is 0 Å². The van der Waals surface area contributed by atoms with Crippen molar-refractivity contribution in [1.29, 1.82) is 5.26 Å². The lowest BCUT2D eigenvalue weighted by molar-refractivity contribution is -0.121. The molecule has 1 aromatic carbocycles. The Bertz CT molecular complexity index is 887. The van der Waals surface area contributed by atoms with Gasteiger partial charge < -0.3 is 0 Å². The third kappa shape index (κ3) is 3.63. The van der Waals surface area contributed by atoms with Crippen molar-refractivity contribution >= 4 is 29.3 Å². The Morgan fingerprint density at radius 1 is 1.23 bits per heavy atom.